The van der Waals surface area contributed by atoms with Crippen molar-refractivity contribution in [2.75, 3.05) is 16.8 Å². The number of halogens is 2. The van der Waals surface area contributed by atoms with E-state index >= 15 is 0 Å². The molecule has 24 heavy (non-hydrogen) atoms. The third-order valence-corrected chi connectivity index (χ3v) is 4.83. The molecule has 2 aromatic carbocycles. The highest BCUT2D eigenvalue weighted by Crippen LogP contribution is 2.30. The van der Waals surface area contributed by atoms with E-state index < -0.39 is 5.92 Å². The predicted octanol–water partition coefficient (Wildman–Crippen LogP) is 4.29. The van der Waals surface area contributed by atoms with E-state index in [4.69, 9.17) is 23.2 Å². The monoisotopic (exact) mass is 362 g/mol. The number of nitrogens with zero attached hydrogens (tertiary/aromatic N) is 1. The van der Waals surface area contributed by atoms with Gasteiger partial charge in [-0.2, -0.15) is 0 Å². The standard InChI is InChI=1S/C18H16Cl2N2O2/c1-11-6-7-13(9-15(11)20)22-10-12(8-17(22)23)18(24)21-16-5-3-2-4-14(16)19/h2-7,9,12H,8,10H2,1H3,(H,21,24). The Hall–Kier alpha value is -2.04. The molecule has 2 amide bonds. The maximum Gasteiger partial charge on any atom is 0.229 e. The molecule has 1 N–H and O–H groups in total. The summed E-state index contributed by atoms with van der Waals surface area (Å²) in [6, 6.07) is 12.5. The average molecular weight is 363 g/mol. The molecule has 1 aliphatic rings. The largest absolute Gasteiger partial charge is 0.324 e. The fourth-order valence-corrected chi connectivity index (χ4v) is 3.04. The minimum Gasteiger partial charge on any atom is -0.324 e. The number of anilines is 2. The average Bonchev–Trinajstić information content (AvgIpc) is 2.94. The summed E-state index contributed by atoms with van der Waals surface area (Å²) in [7, 11) is 0. The van der Waals surface area contributed by atoms with Crippen LogP contribution in [0.25, 0.3) is 0 Å². The van der Waals surface area contributed by atoms with Crippen LogP contribution >= 0.6 is 23.2 Å². The summed E-state index contributed by atoms with van der Waals surface area (Å²) >= 11 is 12.2. The van der Waals surface area contributed by atoms with Crippen molar-refractivity contribution in [2.24, 2.45) is 5.92 Å². The third-order valence-electron chi connectivity index (χ3n) is 4.09. The lowest BCUT2D eigenvalue weighted by Gasteiger charge is -2.17. The molecule has 1 fully saturated rings. The van der Waals surface area contributed by atoms with Gasteiger partial charge in [0, 0.05) is 23.7 Å². The molecule has 6 heteroatoms. The van der Waals surface area contributed by atoms with E-state index in [9.17, 15) is 9.59 Å². The van der Waals surface area contributed by atoms with E-state index in [1.54, 1.807) is 35.2 Å². The zero-order chi connectivity index (χ0) is 17.3. The van der Waals surface area contributed by atoms with Gasteiger partial charge in [0.05, 0.1) is 16.6 Å². The Morgan fingerprint density at radius 3 is 2.62 bits per heavy atom. The van der Waals surface area contributed by atoms with Gasteiger partial charge in [-0.05, 0) is 36.8 Å². The molecule has 1 atom stereocenters. The highest BCUT2D eigenvalue weighted by atomic mass is 35.5. The minimum absolute atomic E-state index is 0.0887. The van der Waals surface area contributed by atoms with Gasteiger partial charge in [0.1, 0.15) is 0 Å². The molecule has 0 saturated carbocycles. The fourth-order valence-electron chi connectivity index (χ4n) is 2.68. The molecule has 2 aromatic rings. The van der Waals surface area contributed by atoms with Crippen LogP contribution in [-0.4, -0.2) is 18.4 Å². The van der Waals surface area contributed by atoms with Crippen molar-refractivity contribution in [3.8, 4) is 0 Å². The molecule has 1 heterocycles. The topological polar surface area (TPSA) is 49.4 Å². The van der Waals surface area contributed by atoms with E-state index in [1.165, 1.54) is 0 Å². The van der Waals surface area contributed by atoms with Gasteiger partial charge >= 0.3 is 0 Å². The summed E-state index contributed by atoms with van der Waals surface area (Å²) in [5.41, 5.74) is 2.21. The Bertz CT molecular complexity index is 807. The molecule has 1 unspecified atom stereocenters. The highest BCUT2D eigenvalue weighted by Gasteiger charge is 2.35. The number of nitrogens with one attached hydrogen (secondary N) is 1. The van der Waals surface area contributed by atoms with Crippen LogP contribution in [-0.2, 0) is 9.59 Å². The summed E-state index contributed by atoms with van der Waals surface area (Å²) in [5, 5.41) is 3.86. The molecule has 3 rings (SSSR count). The van der Waals surface area contributed by atoms with Gasteiger partial charge in [0.15, 0.2) is 0 Å². The van der Waals surface area contributed by atoms with Gasteiger partial charge in [-0.25, -0.2) is 0 Å². The first kappa shape index (κ1) is 16.8. The Balaban J connectivity index is 1.73. The second-order valence-electron chi connectivity index (χ2n) is 5.81. The number of hydrogen-bond acceptors (Lipinski definition) is 2. The lowest BCUT2D eigenvalue weighted by molar-refractivity contribution is -0.122. The smallest absolute Gasteiger partial charge is 0.229 e. The maximum atomic E-state index is 12.4. The van der Waals surface area contributed by atoms with Gasteiger partial charge in [-0.15, -0.1) is 0 Å². The fraction of sp³-hybridized carbons (Fsp3) is 0.222. The third kappa shape index (κ3) is 3.40. The van der Waals surface area contributed by atoms with Crippen LogP contribution < -0.4 is 10.2 Å². The number of carbonyl (C=O) groups is 2. The summed E-state index contributed by atoms with van der Waals surface area (Å²) in [6.07, 6.45) is 0.168. The van der Waals surface area contributed by atoms with Crippen LogP contribution in [0, 0.1) is 12.8 Å². The van der Waals surface area contributed by atoms with Crippen LogP contribution in [0.1, 0.15) is 12.0 Å². The number of amides is 2. The Kier molecular flexibility index (Phi) is 4.78. The molecule has 0 aromatic heterocycles. The van der Waals surface area contributed by atoms with Gasteiger partial charge in [-0.1, -0.05) is 41.4 Å². The van der Waals surface area contributed by atoms with Crippen molar-refractivity contribution in [2.45, 2.75) is 13.3 Å². The Morgan fingerprint density at radius 1 is 1.17 bits per heavy atom. The summed E-state index contributed by atoms with van der Waals surface area (Å²) in [6.45, 7) is 2.23. The molecule has 0 radical (unpaired) electrons. The van der Waals surface area contributed by atoms with Crippen LogP contribution in [0.2, 0.25) is 10.0 Å². The van der Waals surface area contributed by atoms with Crippen molar-refractivity contribution in [1.82, 2.24) is 0 Å². The molecule has 0 bridgehead atoms. The lowest BCUT2D eigenvalue weighted by atomic mass is 10.1. The summed E-state index contributed by atoms with van der Waals surface area (Å²) in [4.78, 5) is 26.3. The second kappa shape index (κ2) is 6.83. The molecule has 0 aliphatic carbocycles. The summed E-state index contributed by atoms with van der Waals surface area (Å²) < 4.78 is 0. The first-order valence-electron chi connectivity index (χ1n) is 7.57. The molecule has 124 valence electrons. The van der Waals surface area contributed by atoms with E-state index in [0.717, 1.165) is 5.56 Å². The molecule has 1 saturated heterocycles. The normalized spacial score (nSPS) is 17.2. The van der Waals surface area contributed by atoms with Crippen LogP contribution in [0.4, 0.5) is 11.4 Å². The van der Waals surface area contributed by atoms with Crippen molar-refractivity contribution in [1.29, 1.82) is 0 Å². The number of para-hydroxylation sites is 1. The predicted molar refractivity (Wildman–Crippen MR) is 96.7 cm³/mol. The highest BCUT2D eigenvalue weighted by molar-refractivity contribution is 6.33. The minimum atomic E-state index is -0.422. The van der Waals surface area contributed by atoms with Crippen molar-refractivity contribution < 1.29 is 9.59 Å². The number of rotatable bonds is 3. The van der Waals surface area contributed by atoms with Gasteiger partial charge < -0.3 is 10.2 Å². The van der Waals surface area contributed by atoms with Gasteiger partial charge in [-0.3, -0.25) is 9.59 Å². The van der Waals surface area contributed by atoms with E-state index in [2.05, 4.69) is 5.32 Å². The molecular formula is C18H16Cl2N2O2. The molecular weight excluding hydrogens is 347 g/mol. The Morgan fingerprint density at radius 2 is 1.92 bits per heavy atom. The number of hydrogen-bond donors (Lipinski definition) is 1. The van der Waals surface area contributed by atoms with Crippen LogP contribution in [0.5, 0.6) is 0 Å². The van der Waals surface area contributed by atoms with E-state index in [1.807, 2.05) is 19.1 Å². The zero-order valence-corrected chi connectivity index (χ0v) is 14.6. The lowest BCUT2D eigenvalue weighted by Crippen LogP contribution is -2.28. The maximum absolute atomic E-state index is 12.4. The number of aryl methyl sites for hydroxylation is 1. The number of carbonyl (C=O) groups excluding carboxylic acids is 2. The van der Waals surface area contributed by atoms with Crippen LogP contribution in [0.3, 0.4) is 0 Å². The zero-order valence-electron chi connectivity index (χ0n) is 13.1. The quantitative estimate of drug-likeness (QED) is 0.884. The second-order valence-corrected chi connectivity index (χ2v) is 6.62. The van der Waals surface area contributed by atoms with Crippen LogP contribution in [0.15, 0.2) is 42.5 Å². The van der Waals surface area contributed by atoms with Gasteiger partial charge in [0.25, 0.3) is 0 Å². The molecule has 4 nitrogen and oxygen atoms in total. The Labute approximate surface area is 150 Å². The van der Waals surface area contributed by atoms with Crippen molar-refractivity contribution in [3.05, 3.63) is 58.1 Å². The molecule has 0 spiro atoms. The van der Waals surface area contributed by atoms with Gasteiger partial charge in [0.2, 0.25) is 11.8 Å². The first-order valence-corrected chi connectivity index (χ1v) is 8.33. The van der Waals surface area contributed by atoms with E-state index in [-0.39, 0.29) is 18.2 Å². The SMILES string of the molecule is Cc1ccc(N2CC(C(=O)Nc3ccccc3Cl)CC2=O)cc1Cl. The van der Waals surface area contributed by atoms with E-state index in [0.29, 0.717) is 28.0 Å². The number of benzene rings is 2. The molecule has 1 aliphatic heterocycles. The van der Waals surface area contributed by atoms with Crippen molar-refractivity contribution >= 4 is 46.4 Å². The van der Waals surface area contributed by atoms with Crippen molar-refractivity contribution in [3.63, 3.8) is 0 Å². The summed E-state index contributed by atoms with van der Waals surface area (Å²) in [5.74, 6) is -0.722. The first-order chi connectivity index (χ1) is 11.5.